The number of benzene rings is 2. The molecule has 1 aliphatic rings. The Hall–Kier alpha value is -1.57. The highest BCUT2D eigenvalue weighted by Crippen LogP contribution is 2.34. The number of anilines is 1. The van der Waals surface area contributed by atoms with Crippen LogP contribution in [0.15, 0.2) is 41.3 Å². The summed E-state index contributed by atoms with van der Waals surface area (Å²) in [7, 11) is 0. The van der Waals surface area contributed by atoms with Gasteiger partial charge in [0.05, 0.1) is 25.7 Å². The molecule has 0 unspecified atom stereocenters. The second-order valence-corrected chi connectivity index (χ2v) is 9.72. The number of rotatable bonds is 7. The van der Waals surface area contributed by atoms with Gasteiger partial charge < -0.3 is 5.32 Å². The zero-order chi connectivity index (χ0) is 22.5. The van der Waals surface area contributed by atoms with E-state index in [9.17, 15) is 9.59 Å². The summed E-state index contributed by atoms with van der Waals surface area (Å²) in [6.45, 7) is 2.46. The van der Waals surface area contributed by atoms with E-state index >= 15 is 0 Å². The van der Waals surface area contributed by atoms with E-state index in [1.165, 1.54) is 34.4 Å². The van der Waals surface area contributed by atoms with Gasteiger partial charge >= 0.3 is 0 Å². The number of aryl methyl sites for hydroxylation is 1. The maximum Gasteiger partial charge on any atom is 0.266 e. The molecular formula is C22H19Cl3N2O2S2. The van der Waals surface area contributed by atoms with Crippen molar-refractivity contribution < 1.29 is 9.59 Å². The molecule has 2 aromatic rings. The number of thiocarbonyl (C=S) groups is 1. The van der Waals surface area contributed by atoms with Crippen LogP contribution in [0.25, 0.3) is 6.08 Å². The summed E-state index contributed by atoms with van der Waals surface area (Å²) in [5.41, 5.74) is 2.59. The number of nitrogens with zero attached hydrogens (tertiary/aromatic N) is 1. The number of hydrogen-bond donors (Lipinski definition) is 1. The van der Waals surface area contributed by atoms with Crippen molar-refractivity contribution >= 4 is 86.7 Å². The number of amides is 2. The Morgan fingerprint density at radius 3 is 2.48 bits per heavy atom. The van der Waals surface area contributed by atoms with E-state index < -0.39 is 0 Å². The summed E-state index contributed by atoms with van der Waals surface area (Å²) in [5.74, 6) is -0.375. The molecule has 0 saturated carbocycles. The first-order valence-electron chi connectivity index (χ1n) is 9.57. The number of halogens is 3. The van der Waals surface area contributed by atoms with Gasteiger partial charge in [-0.05, 0) is 42.2 Å². The Kier molecular flexibility index (Phi) is 8.42. The molecule has 31 heavy (non-hydrogen) atoms. The Bertz CT molecular complexity index is 1060. The van der Waals surface area contributed by atoms with Crippen molar-refractivity contribution in [2.24, 2.45) is 0 Å². The number of carbonyl (C=O) groups excluding carboxylic acids is 2. The number of hydrogen-bond acceptors (Lipinski definition) is 4. The van der Waals surface area contributed by atoms with Crippen molar-refractivity contribution in [2.45, 2.75) is 26.2 Å². The van der Waals surface area contributed by atoms with Crippen molar-refractivity contribution in [1.29, 1.82) is 0 Å². The summed E-state index contributed by atoms with van der Waals surface area (Å²) in [6.07, 6.45) is 3.46. The van der Waals surface area contributed by atoms with Gasteiger partial charge in [0.15, 0.2) is 0 Å². The van der Waals surface area contributed by atoms with Crippen LogP contribution in [0.5, 0.6) is 0 Å². The van der Waals surface area contributed by atoms with E-state index in [2.05, 4.69) is 12.2 Å². The molecule has 9 heteroatoms. The molecule has 2 aromatic carbocycles. The highest BCUT2D eigenvalue weighted by molar-refractivity contribution is 8.26. The van der Waals surface area contributed by atoms with Gasteiger partial charge in [0.25, 0.3) is 5.91 Å². The highest BCUT2D eigenvalue weighted by Gasteiger charge is 2.31. The average Bonchev–Trinajstić information content (AvgIpc) is 3.00. The fourth-order valence-electron chi connectivity index (χ4n) is 2.92. The molecule has 0 aromatic heterocycles. The van der Waals surface area contributed by atoms with Crippen LogP contribution in [0.2, 0.25) is 15.1 Å². The third-order valence-corrected chi connectivity index (χ3v) is 7.04. The molecule has 0 bridgehead atoms. The van der Waals surface area contributed by atoms with Crippen LogP contribution >= 0.6 is 58.8 Å². The first-order valence-corrected chi connectivity index (χ1v) is 11.9. The molecule has 1 heterocycles. The van der Waals surface area contributed by atoms with Crippen molar-refractivity contribution in [3.05, 3.63) is 67.5 Å². The number of carbonyl (C=O) groups is 2. The van der Waals surface area contributed by atoms with E-state index in [0.29, 0.717) is 42.9 Å². The Balaban J connectivity index is 1.55. The topological polar surface area (TPSA) is 49.4 Å². The molecule has 1 fully saturated rings. The Labute approximate surface area is 205 Å². The summed E-state index contributed by atoms with van der Waals surface area (Å²) in [5, 5.41) is 3.63. The molecule has 0 radical (unpaired) electrons. The van der Waals surface area contributed by atoms with E-state index in [1.54, 1.807) is 0 Å². The first-order chi connectivity index (χ1) is 14.8. The summed E-state index contributed by atoms with van der Waals surface area (Å²) >= 11 is 24.6. The summed E-state index contributed by atoms with van der Waals surface area (Å²) < 4.78 is 0.495. The zero-order valence-electron chi connectivity index (χ0n) is 16.6. The van der Waals surface area contributed by atoms with Crippen LogP contribution in [0, 0.1) is 0 Å². The number of nitrogens with one attached hydrogen (secondary N) is 1. The van der Waals surface area contributed by atoms with E-state index in [4.69, 9.17) is 47.0 Å². The molecule has 4 nitrogen and oxygen atoms in total. The molecule has 0 spiro atoms. The first kappa shape index (κ1) is 24.1. The summed E-state index contributed by atoms with van der Waals surface area (Å²) in [4.78, 5) is 27.1. The largest absolute Gasteiger partial charge is 0.325 e. The molecular weight excluding hydrogens is 495 g/mol. The van der Waals surface area contributed by atoms with E-state index in [0.717, 1.165) is 12.0 Å². The zero-order valence-corrected chi connectivity index (χ0v) is 20.5. The lowest BCUT2D eigenvalue weighted by Crippen LogP contribution is -2.29. The summed E-state index contributed by atoms with van der Waals surface area (Å²) in [6, 6.07) is 11.1. The van der Waals surface area contributed by atoms with Gasteiger partial charge in [0.1, 0.15) is 4.32 Å². The minimum atomic E-state index is -0.239. The SMILES string of the molecule is CCc1ccc(C=C2SC(=S)N(CCCC(=O)Nc3cc(Cl)c(Cl)cc3Cl)C2=O)cc1. The molecule has 0 aliphatic carbocycles. The van der Waals surface area contributed by atoms with Gasteiger partial charge in [-0.3, -0.25) is 14.5 Å². The highest BCUT2D eigenvalue weighted by atomic mass is 35.5. The molecule has 1 aliphatic heterocycles. The Morgan fingerprint density at radius 1 is 1.13 bits per heavy atom. The van der Waals surface area contributed by atoms with E-state index in [-0.39, 0.29) is 18.2 Å². The molecule has 3 rings (SSSR count). The third-order valence-electron chi connectivity index (χ3n) is 4.63. The van der Waals surface area contributed by atoms with Gasteiger partial charge in [-0.25, -0.2) is 0 Å². The minimum absolute atomic E-state index is 0.137. The number of thioether (sulfide) groups is 1. The van der Waals surface area contributed by atoms with Crippen molar-refractivity contribution in [3.8, 4) is 0 Å². The van der Waals surface area contributed by atoms with Crippen molar-refractivity contribution in [1.82, 2.24) is 4.90 Å². The average molecular weight is 514 g/mol. The van der Waals surface area contributed by atoms with Gasteiger partial charge in [0, 0.05) is 13.0 Å². The van der Waals surface area contributed by atoms with E-state index in [1.807, 2.05) is 30.3 Å². The minimum Gasteiger partial charge on any atom is -0.325 e. The monoisotopic (exact) mass is 512 g/mol. The molecule has 1 saturated heterocycles. The van der Waals surface area contributed by atoms with Gasteiger partial charge in [-0.1, -0.05) is 90.0 Å². The normalized spacial score (nSPS) is 15.1. The van der Waals surface area contributed by atoms with Gasteiger partial charge in [0.2, 0.25) is 5.91 Å². The molecule has 162 valence electrons. The van der Waals surface area contributed by atoms with Crippen molar-refractivity contribution in [2.75, 3.05) is 11.9 Å². The Morgan fingerprint density at radius 2 is 1.81 bits per heavy atom. The fourth-order valence-corrected chi connectivity index (χ4v) is 4.83. The van der Waals surface area contributed by atoms with Crippen LogP contribution in [-0.2, 0) is 16.0 Å². The lowest BCUT2D eigenvalue weighted by molar-refractivity contribution is -0.122. The maximum absolute atomic E-state index is 12.7. The van der Waals surface area contributed by atoms with Crippen LogP contribution in [0.4, 0.5) is 5.69 Å². The van der Waals surface area contributed by atoms with Crippen LogP contribution in [-0.4, -0.2) is 27.6 Å². The predicted molar refractivity (Wildman–Crippen MR) is 135 cm³/mol. The van der Waals surface area contributed by atoms with Crippen LogP contribution in [0.3, 0.4) is 0 Å². The maximum atomic E-state index is 12.7. The van der Waals surface area contributed by atoms with Crippen molar-refractivity contribution in [3.63, 3.8) is 0 Å². The second kappa shape index (κ2) is 10.8. The smallest absolute Gasteiger partial charge is 0.266 e. The molecule has 2 amide bonds. The van der Waals surface area contributed by atoms with Crippen LogP contribution in [0.1, 0.15) is 30.9 Å². The van der Waals surface area contributed by atoms with Gasteiger partial charge in [-0.15, -0.1) is 0 Å². The fraction of sp³-hybridized carbons (Fsp3) is 0.227. The quantitative estimate of drug-likeness (QED) is 0.250. The second-order valence-electron chi connectivity index (χ2n) is 6.83. The van der Waals surface area contributed by atoms with Crippen LogP contribution < -0.4 is 5.32 Å². The lowest BCUT2D eigenvalue weighted by atomic mass is 10.1. The third kappa shape index (κ3) is 6.24. The standard InChI is InChI=1S/C22H19Cl3N2O2S2/c1-2-13-5-7-14(8-6-13)10-19-21(29)27(22(30)31-19)9-3-4-20(28)26-18-12-16(24)15(23)11-17(18)25/h5-8,10-12H,2-4,9H2,1H3,(H,26,28). The predicted octanol–water partition coefficient (Wildman–Crippen LogP) is 6.83. The van der Waals surface area contributed by atoms with Gasteiger partial charge in [-0.2, -0.15) is 0 Å². The lowest BCUT2D eigenvalue weighted by Gasteiger charge is -2.14. The molecule has 0 atom stereocenters. The molecule has 1 N–H and O–H groups in total.